The molecule has 0 aliphatic rings. The molecule has 0 aliphatic heterocycles. The minimum absolute atomic E-state index is 0.0712. The Bertz CT molecular complexity index is 1780. The predicted octanol–water partition coefficient (Wildman–Crippen LogP) is 7.70. The van der Waals surface area contributed by atoms with Gasteiger partial charge in [-0.15, -0.1) is 0 Å². The third kappa shape index (κ3) is 17.7. The number of ether oxygens (including phenoxy) is 8. The van der Waals surface area contributed by atoms with Gasteiger partial charge in [0, 0.05) is 39.4 Å². The average Bonchev–Trinajstić information content (AvgIpc) is 3.21. The molecule has 3 rings (SSSR count). The molecule has 0 amide bonds. The van der Waals surface area contributed by atoms with Gasteiger partial charge in [0.25, 0.3) is 0 Å². The van der Waals surface area contributed by atoms with Gasteiger partial charge in [0.2, 0.25) is 0 Å². The Morgan fingerprint density at radius 3 is 0.932 bits per heavy atom. The number of anilines is 3. The van der Waals surface area contributed by atoms with E-state index in [1.165, 1.54) is 0 Å². The summed E-state index contributed by atoms with van der Waals surface area (Å²) in [6.45, 7) is 22.9. The quantitative estimate of drug-likeness (QED) is 0.0321. The van der Waals surface area contributed by atoms with Gasteiger partial charge in [-0.05, 0) is 86.3 Å². The van der Waals surface area contributed by atoms with Crippen LogP contribution in [0.2, 0.25) is 0 Å². The van der Waals surface area contributed by atoms with Crippen molar-refractivity contribution in [2.24, 2.45) is 0 Å². The van der Waals surface area contributed by atoms with Crippen LogP contribution in [0.5, 0.6) is 0 Å². The topological polar surface area (TPSA) is 145 Å². The molecule has 0 saturated carbocycles. The van der Waals surface area contributed by atoms with Crippen molar-refractivity contribution < 1.29 is 57.1 Å². The molecule has 0 radical (unpaired) electrons. The van der Waals surface area contributed by atoms with E-state index in [1.54, 1.807) is 27.7 Å². The zero-order chi connectivity index (χ0) is 43.2. The van der Waals surface area contributed by atoms with Crippen LogP contribution in [0.3, 0.4) is 0 Å². The summed E-state index contributed by atoms with van der Waals surface area (Å²) in [4.78, 5) is 49.1. The van der Waals surface area contributed by atoms with E-state index in [-0.39, 0.29) is 66.1 Å². The third-order valence-electron chi connectivity index (χ3n) is 8.00. The van der Waals surface area contributed by atoms with Gasteiger partial charge in [-0.1, -0.05) is 56.6 Å². The van der Waals surface area contributed by atoms with Crippen molar-refractivity contribution in [1.29, 1.82) is 0 Å². The highest BCUT2D eigenvalue weighted by atomic mass is 16.6. The number of benzene rings is 3. The molecule has 0 spiro atoms. The smallest absolute Gasteiger partial charge is 0.333 e. The molecule has 0 N–H and O–H groups in total. The number of hydrogen-bond acceptors (Lipinski definition) is 13. The lowest BCUT2D eigenvalue weighted by Gasteiger charge is -2.27. The molecule has 0 fully saturated rings. The molecule has 0 saturated heterocycles. The van der Waals surface area contributed by atoms with Crippen LogP contribution in [-0.2, 0) is 83.5 Å². The number of rotatable bonds is 27. The fourth-order valence-corrected chi connectivity index (χ4v) is 4.99. The van der Waals surface area contributed by atoms with Gasteiger partial charge in [-0.2, -0.15) is 0 Å². The van der Waals surface area contributed by atoms with E-state index in [4.69, 9.17) is 37.9 Å². The summed E-state index contributed by atoms with van der Waals surface area (Å²) in [5.74, 6) is -1.89. The van der Waals surface area contributed by atoms with Gasteiger partial charge >= 0.3 is 23.9 Å². The van der Waals surface area contributed by atoms with Gasteiger partial charge in [-0.25, -0.2) is 19.2 Å². The minimum Gasteiger partial charge on any atom is -0.460 e. The van der Waals surface area contributed by atoms with Gasteiger partial charge in [0.1, 0.15) is 26.4 Å². The third-order valence-corrected chi connectivity index (χ3v) is 8.00. The second kappa shape index (κ2) is 25.5. The van der Waals surface area contributed by atoms with Gasteiger partial charge in [-0.3, -0.25) is 0 Å². The van der Waals surface area contributed by atoms with Gasteiger partial charge < -0.3 is 42.8 Å². The molecular formula is C46H55NO12. The Labute approximate surface area is 346 Å². The van der Waals surface area contributed by atoms with Gasteiger partial charge in [0.05, 0.1) is 52.9 Å². The number of carbonyl (C=O) groups excluding carboxylic acids is 4. The molecule has 316 valence electrons. The molecule has 13 nitrogen and oxygen atoms in total. The minimum atomic E-state index is -0.483. The largest absolute Gasteiger partial charge is 0.460 e. The van der Waals surface area contributed by atoms with Crippen molar-refractivity contribution in [2.75, 3.05) is 57.8 Å². The fraction of sp³-hybridized carbons (Fsp3) is 0.348. The summed E-state index contributed by atoms with van der Waals surface area (Å²) < 4.78 is 43.9. The summed E-state index contributed by atoms with van der Waals surface area (Å²) in [5, 5.41) is 0. The Morgan fingerprint density at radius 2 is 0.661 bits per heavy atom. The summed E-state index contributed by atoms with van der Waals surface area (Å²) in [6.07, 6.45) is 0. The zero-order valence-corrected chi connectivity index (χ0v) is 34.5. The molecule has 3 aromatic rings. The van der Waals surface area contributed by atoms with Crippen molar-refractivity contribution in [3.8, 4) is 0 Å². The highest BCUT2D eigenvalue weighted by molar-refractivity contribution is 5.88. The van der Waals surface area contributed by atoms with E-state index in [9.17, 15) is 19.2 Å². The second-order valence-electron chi connectivity index (χ2n) is 13.6. The Hall–Kier alpha value is -5.86. The zero-order valence-electron chi connectivity index (χ0n) is 34.5. The number of carbonyl (C=O) groups is 4. The van der Waals surface area contributed by atoms with E-state index < -0.39 is 23.9 Å². The second-order valence-corrected chi connectivity index (χ2v) is 13.6. The van der Waals surface area contributed by atoms with Crippen LogP contribution in [0, 0.1) is 0 Å². The van der Waals surface area contributed by atoms with Crippen molar-refractivity contribution in [1.82, 2.24) is 0 Å². The van der Waals surface area contributed by atoms with Crippen LogP contribution in [-0.4, -0.2) is 76.7 Å². The first kappa shape index (κ1) is 47.5. The van der Waals surface area contributed by atoms with Crippen LogP contribution in [0.1, 0.15) is 49.9 Å². The van der Waals surface area contributed by atoms with Crippen LogP contribution in [0.4, 0.5) is 17.1 Å². The molecule has 0 heterocycles. The fourth-order valence-electron chi connectivity index (χ4n) is 4.99. The number of hydrogen-bond donors (Lipinski definition) is 0. The monoisotopic (exact) mass is 813 g/mol. The predicted molar refractivity (Wildman–Crippen MR) is 223 cm³/mol. The van der Waals surface area contributed by atoms with Crippen LogP contribution >= 0.6 is 0 Å². The molecule has 59 heavy (non-hydrogen) atoms. The average molecular weight is 814 g/mol. The van der Waals surface area contributed by atoms with E-state index >= 15 is 0 Å². The summed E-state index contributed by atoms with van der Waals surface area (Å²) in [7, 11) is 0. The normalized spacial score (nSPS) is 10.6. The first-order valence-electron chi connectivity index (χ1n) is 19.0. The standard InChI is InChI=1S/C46H55NO12/c1-32(2)43(48)56-21-17-52-28-36-9-13-40(14-10-36)47(41-15-11-37(12-16-41)29-53-18-22-57-44(49)33(3)4)42-26-38(30-54-19-23-58-45(50)34(5)6)25-39(27-42)31-55-20-24-59-46(51)35(7)8/h9-16,25-27H,1,3,5,7,17-24,28-31H2,2,4,6,8H3. The highest BCUT2D eigenvalue weighted by Gasteiger charge is 2.16. The Balaban J connectivity index is 1.87. The van der Waals surface area contributed by atoms with Crippen LogP contribution < -0.4 is 4.90 Å². The lowest BCUT2D eigenvalue weighted by molar-refractivity contribution is -0.141. The highest BCUT2D eigenvalue weighted by Crippen LogP contribution is 2.36. The first-order valence-corrected chi connectivity index (χ1v) is 19.0. The maximum atomic E-state index is 11.8. The summed E-state index contributed by atoms with van der Waals surface area (Å²) in [5.41, 5.74) is 7.25. The van der Waals surface area contributed by atoms with Crippen LogP contribution in [0.15, 0.2) is 115 Å². The first-order chi connectivity index (χ1) is 28.2. The lowest BCUT2D eigenvalue weighted by Crippen LogP contribution is -2.13. The van der Waals surface area contributed by atoms with Gasteiger partial charge in [0.15, 0.2) is 0 Å². The van der Waals surface area contributed by atoms with Crippen LogP contribution in [0.25, 0.3) is 0 Å². The number of nitrogens with zero attached hydrogens (tertiary/aromatic N) is 1. The summed E-state index contributed by atoms with van der Waals surface area (Å²) >= 11 is 0. The molecular weight excluding hydrogens is 759 g/mol. The lowest BCUT2D eigenvalue weighted by atomic mass is 10.1. The van der Waals surface area contributed by atoms with Crippen molar-refractivity contribution in [3.05, 3.63) is 138 Å². The Morgan fingerprint density at radius 1 is 0.390 bits per heavy atom. The van der Waals surface area contributed by atoms with E-state index in [0.717, 1.165) is 39.3 Å². The summed E-state index contributed by atoms with van der Waals surface area (Å²) in [6, 6.07) is 21.7. The van der Waals surface area contributed by atoms with Crippen molar-refractivity contribution >= 4 is 40.9 Å². The van der Waals surface area contributed by atoms with E-state index in [1.807, 2.05) is 66.7 Å². The van der Waals surface area contributed by atoms with E-state index in [2.05, 4.69) is 31.2 Å². The SMILES string of the molecule is C=C(C)C(=O)OCCOCc1ccc(N(c2ccc(COCCOC(=O)C(=C)C)cc2)c2cc(COCCOC(=O)C(=C)C)cc(COCCOC(=O)C(=C)C)c2)cc1. The molecule has 3 aromatic carbocycles. The molecule has 0 atom stereocenters. The Kier molecular flexibility index (Phi) is 20.5. The maximum Gasteiger partial charge on any atom is 0.333 e. The van der Waals surface area contributed by atoms with Crippen molar-refractivity contribution in [2.45, 2.75) is 54.1 Å². The number of esters is 4. The maximum absolute atomic E-state index is 11.8. The molecule has 0 unspecified atom stereocenters. The van der Waals surface area contributed by atoms with E-state index in [0.29, 0.717) is 35.5 Å². The molecule has 0 aromatic heterocycles. The molecule has 13 heteroatoms. The molecule has 0 aliphatic carbocycles. The van der Waals surface area contributed by atoms with Crippen molar-refractivity contribution in [3.63, 3.8) is 0 Å². The molecule has 0 bridgehead atoms.